The fourth-order valence-corrected chi connectivity index (χ4v) is 2.53. The van der Waals surface area contributed by atoms with Gasteiger partial charge in [0.25, 0.3) is 0 Å². The molecule has 3 aromatic rings. The maximum atomic E-state index is 10.1. The van der Waals surface area contributed by atoms with E-state index in [9.17, 15) is 24.9 Å². The fraction of sp³-hybridized carbons (Fsp3) is 0.240. The first-order valence-corrected chi connectivity index (χ1v) is 9.97. The first-order valence-electron chi connectivity index (χ1n) is 9.97. The number of benzene rings is 2. The van der Waals surface area contributed by atoms with E-state index in [0.29, 0.717) is 0 Å². The summed E-state index contributed by atoms with van der Waals surface area (Å²) in [5.41, 5.74) is 2.31. The van der Waals surface area contributed by atoms with Gasteiger partial charge in [-0.2, -0.15) is 0 Å². The Bertz CT molecular complexity index is 910. The largest absolute Gasteiger partial charge is 1.00 e. The van der Waals surface area contributed by atoms with Gasteiger partial charge in [0, 0.05) is 31.0 Å². The number of carboxylic acids is 2. The quantitative estimate of drug-likeness (QED) is 0.377. The lowest BCUT2D eigenvalue weighted by atomic mass is 10.2. The normalized spacial score (nSPS) is 9.79. The molecule has 8 heteroatoms. The summed E-state index contributed by atoms with van der Waals surface area (Å²) in [5, 5.41) is 29.5. The van der Waals surface area contributed by atoms with Gasteiger partial charge >= 0.3 is 0 Å². The van der Waals surface area contributed by atoms with Crippen LogP contribution in [0.1, 0.15) is 16.8 Å². The van der Waals surface area contributed by atoms with E-state index in [1.807, 2.05) is 12.1 Å². The predicted octanol–water partition coefficient (Wildman–Crippen LogP) is -2.04. The van der Waals surface area contributed by atoms with E-state index in [1.165, 1.54) is 0 Å². The number of aliphatic carboxylic acids is 2. The second-order valence-corrected chi connectivity index (χ2v) is 7.99. The lowest BCUT2D eigenvalue weighted by Crippen LogP contribution is -3.00. The van der Waals surface area contributed by atoms with E-state index >= 15 is 0 Å². The van der Waals surface area contributed by atoms with Crippen LogP contribution in [0.15, 0.2) is 79.0 Å². The number of nitrogens with zero attached hydrogens (tertiary/aromatic N) is 2. The van der Waals surface area contributed by atoms with Gasteiger partial charge in [-0.25, -0.2) is 0 Å². The van der Waals surface area contributed by atoms with Gasteiger partial charge in [-0.1, -0.05) is 60.7 Å². The highest BCUT2D eigenvalue weighted by Crippen LogP contribution is 2.15. The molecule has 33 heavy (non-hydrogen) atoms. The predicted molar refractivity (Wildman–Crippen MR) is 118 cm³/mol. The summed E-state index contributed by atoms with van der Waals surface area (Å²) in [6.07, 6.45) is 1.70. The molecule has 0 unspecified atom stereocenters. The summed E-state index contributed by atoms with van der Waals surface area (Å²) < 4.78 is 0.768. The highest BCUT2D eigenvalue weighted by Gasteiger charge is 2.12. The molecule has 1 aromatic heterocycles. The van der Waals surface area contributed by atoms with Gasteiger partial charge in [0.1, 0.15) is 18.0 Å². The minimum Gasteiger partial charge on any atom is -1.00 e. The van der Waals surface area contributed by atoms with E-state index in [0.717, 1.165) is 27.8 Å². The molecule has 7 nitrogen and oxygen atoms in total. The third kappa shape index (κ3) is 15.2. The van der Waals surface area contributed by atoms with Gasteiger partial charge in [-0.05, 0) is 23.3 Å². The highest BCUT2D eigenvalue weighted by atomic mass is 79.9. The molecule has 0 atom stereocenters. The number of carboxylic acid groups (broad SMARTS) is 2. The van der Waals surface area contributed by atoms with Gasteiger partial charge in [-0.3, -0.25) is 4.98 Å². The molecule has 0 bridgehead atoms. The van der Waals surface area contributed by atoms with E-state index in [2.05, 4.69) is 26.1 Å². The van der Waals surface area contributed by atoms with Crippen LogP contribution < -0.4 is 27.2 Å². The molecule has 0 amide bonds. The van der Waals surface area contributed by atoms with Crippen LogP contribution >= 0.6 is 0 Å². The van der Waals surface area contributed by atoms with Crippen molar-refractivity contribution < 1.29 is 46.4 Å². The molecule has 0 spiro atoms. The van der Waals surface area contributed by atoms with E-state index in [1.54, 1.807) is 66.9 Å². The minimum atomic E-state index is -1.04. The number of pyridine rings is 1. The molecule has 1 N–H and O–H groups in total. The van der Waals surface area contributed by atoms with Crippen molar-refractivity contribution in [3.63, 3.8) is 0 Å². The van der Waals surface area contributed by atoms with Gasteiger partial charge in [0.2, 0.25) is 0 Å². The number of hydrogen-bond acceptors (Lipinski definition) is 6. The molecule has 0 aliphatic heterocycles. The Morgan fingerprint density at radius 3 is 1.55 bits per heavy atom. The number of rotatable bonds is 6. The number of quaternary nitrogens is 1. The Morgan fingerprint density at radius 2 is 1.21 bits per heavy atom. The monoisotopic (exact) mass is 516 g/mol. The minimum absolute atomic E-state index is 0. The fourth-order valence-electron chi connectivity index (χ4n) is 2.53. The third-order valence-corrected chi connectivity index (χ3v) is 3.87. The summed E-state index contributed by atoms with van der Waals surface area (Å²) in [4.78, 5) is 24.2. The van der Waals surface area contributed by atoms with Gasteiger partial charge in [0.05, 0.1) is 21.1 Å². The van der Waals surface area contributed by atoms with E-state index in [4.69, 9.17) is 0 Å². The molecule has 0 aliphatic rings. The second-order valence-electron chi connectivity index (χ2n) is 7.99. The number of carbonyl (C=O) groups excluding carboxylic acids is 2. The summed E-state index contributed by atoms with van der Waals surface area (Å²) in [6.45, 7) is 0.743. The smallest absolute Gasteiger partial charge is 0.142 e. The Kier molecular flexibility index (Phi) is 14.0. The van der Waals surface area contributed by atoms with Crippen molar-refractivity contribution >= 4 is 11.9 Å². The molecule has 0 saturated heterocycles. The Labute approximate surface area is 205 Å². The van der Waals surface area contributed by atoms with Crippen LogP contribution in [-0.2, 0) is 29.0 Å². The zero-order valence-electron chi connectivity index (χ0n) is 19.0. The standard InChI is InChI=1S/C9H14N2O.2C8H8O2.BrH/c1-11(2,3)7-8-9(12)5-4-6-10-8;2*9-8(10)6-7-4-2-1-3-5-7;/h4-6H,7H2,1-3H3;2*1-5H,6H2,(H,9,10);1H/p-2. The van der Waals surface area contributed by atoms with Gasteiger partial charge in [0.15, 0.2) is 0 Å². The Morgan fingerprint density at radius 1 is 0.788 bits per heavy atom. The SMILES string of the molecule is C[N+](C)(C)Cc1ncccc1O.O=C([O-])Cc1ccccc1.O=C([O-])Cc1ccccc1.[Br-]. The average molecular weight is 517 g/mol. The molecule has 1 heterocycles. The zero-order chi connectivity index (χ0) is 24.0. The van der Waals surface area contributed by atoms with Crippen molar-refractivity contribution in [1.29, 1.82) is 0 Å². The molecule has 0 fully saturated rings. The van der Waals surface area contributed by atoms with Crippen molar-refractivity contribution in [3.05, 3.63) is 95.8 Å². The van der Waals surface area contributed by atoms with Crippen molar-refractivity contribution in [1.82, 2.24) is 4.98 Å². The molecular formula is C25H29BrN2O5-2. The molecule has 0 aliphatic carbocycles. The molecule has 3 rings (SSSR count). The second kappa shape index (κ2) is 15.6. The highest BCUT2D eigenvalue weighted by molar-refractivity contribution is 5.68. The van der Waals surface area contributed by atoms with Crippen molar-refractivity contribution in [2.24, 2.45) is 0 Å². The Hall–Kier alpha value is -3.23. The number of halogens is 1. The van der Waals surface area contributed by atoms with Crippen LogP contribution in [0.5, 0.6) is 5.75 Å². The van der Waals surface area contributed by atoms with Crippen LogP contribution in [-0.4, -0.2) is 47.7 Å². The third-order valence-electron chi connectivity index (χ3n) is 3.87. The maximum Gasteiger partial charge on any atom is 0.142 e. The average Bonchev–Trinajstić information content (AvgIpc) is 2.70. The van der Waals surface area contributed by atoms with Crippen LogP contribution in [0.25, 0.3) is 0 Å². The molecular weight excluding hydrogens is 488 g/mol. The lowest BCUT2D eigenvalue weighted by Gasteiger charge is -2.23. The number of aromatic nitrogens is 1. The van der Waals surface area contributed by atoms with Crippen molar-refractivity contribution in [3.8, 4) is 5.75 Å². The molecule has 178 valence electrons. The van der Waals surface area contributed by atoms with Gasteiger partial charge in [-0.15, -0.1) is 0 Å². The lowest BCUT2D eigenvalue weighted by molar-refractivity contribution is -0.884. The van der Waals surface area contributed by atoms with Gasteiger partial charge < -0.3 is 46.4 Å². The topological polar surface area (TPSA) is 113 Å². The number of hydrogen-bond donors (Lipinski definition) is 1. The first kappa shape index (κ1) is 29.8. The molecule has 0 radical (unpaired) electrons. The Balaban J connectivity index is 0.000000461. The molecule has 0 saturated carbocycles. The molecule has 2 aromatic carbocycles. The number of carbonyl (C=O) groups is 2. The van der Waals surface area contributed by atoms with Crippen molar-refractivity contribution in [2.45, 2.75) is 19.4 Å². The number of aromatic hydroxyl groups is 1. The summed E-state index contributed by atoms with van der Waals surface area (Å²) in [5.74, 6) is -1.79. The summed E-state index contributed by atoms with van der Waals surface area (Å²) in [7, 11) is 6.19. The summed E-state index contributed by atoms with van der Waals surface area (Å²) in [6, 6.07) is 21.3. The van der Waals surface area contributed by atoms with Crippen molar-refractivity contribution in [2.75, 3.05) is 21.1 Å². The maximum absolute atomic E-state index is 10.1. The van der Waals surface area contributed by atoms with Crippen LogP contribution in [0.2, 0.25) is 0 Å². The van der Waals surface area contributed by atoms with Crippen LogP contribution in [0.3, 0.4) is 0 Å². The zero-order valence-corrected chi connectivity index (χ0v) is 20.6. The van der Waals surface area contributed by atoms with Crippen LogP contribution in [0.4, 0.5) is 0 Å². The van der Waals surface area contributed by atoms with E-state index in [-0.39, 0.29) is 35.6 Å². The summed E-state index contributed by atoms with van der Waals surface area (Å²) >= 11 is 0. The van der Waals surface area contributed by atoms with Crippen LogP contribution in [0, 0.1) is 0 Å². The van der Waals surface area contributed by atoms with E-state index < -0.39 is 11.9 Å². The first-order chi connectivity index (χ1) is 15.1.